The van der Waals surface area contributed by atoms with Gasteiger partial charge in [-0.25, -0.2) is 29.9 Å². The van der Waals surface area contributed by atoms with E-state index in [1.165, 1.54) is 0 Å². The molecule has 12 heteroatoms. The van der Waals surface area contributed by atoms with Crippen LogP contribution in [-0.4, -0.2) is 42.0 Å². The van der Waals surface area contributed by atoms with Gasteiger partial charge in [0.1, 0.15) is 24.2 Å². The highest BCUT2D eigenvalue weighted by Gasteiger charge is 2.29. The third-order valence-electron chi connectivity index (χ3n) is 5.69. The number of benzene rings is 2. The van der Waals surface area contributed by atoms with Gasteiger partial charge in [-0.2, -0.15) is 21.0 Å². The Kier molecular flexibility index (Phi) is 4.47. The first-order chi connectivity index (χ1) is 17.6. The van der Waals surface area contributed by atoms with Crippen LogP contribution < -0.4 is 10.6 Å². The number of fused-ring (bicyclic) bond motifs is 4. The number of hydrogen-bond acceptors (Lipinski definition) is 12. The van der Waals surface area contributed by atoms with Crippen molar-refractivity contribution in [1.29, 1.82) is 21.0 Å². The van der Waals surface area contributed by atoms with Crippen LogP contribution in [0.5, 0.6) is 0 Å². The minimum atomic E-state index is -0.750. The molecule has 2 N–H and O–H groups in total. The second-order valence-electron chi connectivity index (χ2n) is 7.85. The Balaban J connectivity index is 1.43. The maximum atomic E-state index is 9.33. The summed E-state index contributed by atoms with van der Waals surface area (Å²) in [5, 5.41) is 42.9. The highest BCUT2D eigenvalue weighted by molar-refractivity contribution is 5.90. The fraction of sp³-hybridized carbons (Fsp3) is 0.0833. The van der Waals surface area contributed by atoms with Gasteiger partial charge in [0, 0.05) is 0 Å². The van der Waals surface area contributed by atoms with E-state index in [9.17, 15) is 21.0 Å². The van der Waals surface area contributed by atoms with E-state index >= 15 is 0 Å². The van der Waals surface area contributed by atoms with Crippen molar-refractivity contribution in [2.45, 2.75) is 12.1 Å². The lowest BCUT2D eigenvalue weighted by Gasteiger charge is -2.26. The maximum absolute atomic E-state index is 9.33. The van der Waals surface area contributed by atoms with Crippen LogP contribution in [-0.2, 0) is 0 Å². The number of nitrogens with zero attached hydrogens (tertiary/aromatic N) is 10. The van der Waals surface area contributed by atoms with Gasteiger partial charge in [-0.15, -0.1) is 0 Å². The summed E-state index contributed by atoms with van der Waals surface area (Å²) in [6.07, 6.45) is 0. The average molecular weight is 466 g/mol. The Morgan fingerprint density at radius 2 is 1.00 bits per heavy atom. The summed E-state index contributed by atoms with van der Waals surface area (Å²) >= 11 is 0. The number of anilines is 2. The van der Waals surface area contributed by atoms with E-state index in [-0.39, 0.29) is 22.7 Å². The van der Waals surface area contributed by atoms with Crippen LogP contribution in [0, 0.1) is 45.3 Å². The fourth-order valence-corrected chi connectivity index (χ4v) is 3.95. The molecule has 36 heavy (non-hydrogen) atoms. The van der Waals surface area contributed by atoms with Crippen molar-refractivity contribution < 1.29 is 0 Å². The summed E-state index contributed by atoms with van der Waals surface area (Å²) in [6, 6.07) is 17.4. The summed E-state index contributed by atoms with van der Waals surface area (Å²) in [5.74, 6) is 0.815. The number of nitriles is 4. The first-order valence-electron chi connectivity index (χ1n) is 10.5. The maximum Gasteiger partial charge on any atom is 0.199 e. The van der Waals surface area contributed by atoms with Crippen LogP contribution in [0.4, 0.5) is 11.6 Å². The largest absolute Gasteiger partial charge is 0.349 e. The molecule has 12 nitrogen and oxygen atoms in total. The van der Waals surface area contributed by atoms with E-state index in [0.717, 1.165) is 11.1 Å². The summed E-state index contributed by atoms with van der Waals surface area (Å²) in [7, 11) is 0. The highest BCUT2D eigenvalue weighted by atomic mass is 15.2. The van der Waals surface area contributed by atoms with Crippen molar-refractivity contribution in [2.24, 2.45) is 0 Å². The minimum absolute atomic E-state index is 0.0938. The molecule has 6 rings (SSSR count). The van der Waals surface area contributed by atoms with Gasteiger partial charge in [-0.05, 0) is 35.4 Å². The SMILES string of the molecule is N#Cc1nc2nc3ccc(-c4ccc5nc6c(nc5c4)NC(C#N)C(C#N)N6)cc3nc2nc1C#N. The van der Waals surface area contributed by atoms with Gasteiger partial charge in [0.2, 0.25) is 0 Å². The second kappa shape index (κ2) is 7.81. The molecule has 0 amide bonds. The van der Waals surface area contributed by atoms with Crippen molar-refractivity contribution >= 4 is 45.0 Å². The van der Waals surface area contributed by atoms with E-state index < -0.39 is 12.1 Å². The number of rotatable bonds is 1. The van der Waals surface area contributed by atoms with E-state index in [0.29, 0.717) is 33.7 Å². The molecular weight excluding hydrogens is 456 g/mol. The first-order valence-corrected chi connectivity index (χ1v) is 10.5. The van der Waals surface area contributed by atoms with E-state index in [4.69, 9.17) is 0 Å². The van der Waals surface area contributed by atoms with Gasteiger partial charge in [0.15, 0.2) is 34.3 Å². The van der Waals surface area contributed by atoms with Crippen molar-refractivity contribution in [3.63, 3.8) is 0 Å². The van der Waals surface area contributed by atoms with Gasteiger partial charge in [-0.1, -0.05) is 12.1 Å². The zero-order valence-corrected chi connectivity index (χ0v) is 18.1. The number of aromatic nitrogens is 6. The highest BCUT2D eigenvalue weighted by Crippen LogP contribution is 2.30. The van der Waals surface area contributed by atoms with Gasteiger partial charge in [-0.3, -0.25) is 0 Å². The molecule has 5 aromatic rings. The van der Waals surface area contributed by atoms with Gasteiger partial charge >= 0.3 is 0 Å². The van der Waals surface area contributed by atoms with Gasteiger partial charge in [0.05, 0.1) is 34.2 Å². The van der Waals surface area contributed by atoms with Crippen LogP contribution in [0.2, 0.25) is 0 Å². The lowest BCUT2D eigenvalue weighted by Crippen LogP contribution is -2.41. The number of nitrogens with one attached hydrogen (secondary N) is 2. The Morgan fingerprint density at radius 3 is 1.50 bits per heavy atom. The van der Waals surface area contributed by atoms with Gasteiger partial charge < -0.3 is 10.6 Å². The summed E-state index contributed by atoms with van der Waals surface area (Å²) in [5.41, 5.74) is 4.18. The zero-order valence-electron chi connectivity index (χ0n) is 18.1. The molecule has 2 atom stereocenters. The lowest BCUT2D eigenvalue weighted by atomic mass is 10.0. The minimum Gasteiger partial charge on any atom is -0.349 e. The third kappa shape index (κ3) is 3.19. The van der Waals surface area contributed by atoms with Crippen LogP contribution >= 0.6 is 0 Å². The Labute approximate surface area is 202 Å². The van der Waals surface area contributed by atoms with Crippen LogP contribution in [0.25, 0.3) is 44.5 Å². The van der Waals surface area contributed by atoms with Crippen molar-refractivity contribution in [3.05, 3.63) is 47.8 Å². The molecule has 166 valence electrons. The van der Waals surface area contributed by atoms with Gasteiger partial charge in [0.25, 0.3) is 0 Å². The number of hydrogen-bond donors (Lipinski definition) is 2. The fourth-order valence-electron chi connectivity index (χ4n) is 3.95. The first kappa shape index (κ1) is 20.6. The van der Waals surface area contributed by atoms with Crippen LogP contribution in [0.15, 0.2) is 36.4 Å². The molecule has 0 saturated heterocycles. The molecule has 1 aliphatic rings. The topological polar surface area (TPSA) is 197 Å². The van der Waals surface area contributed by atoms with E-state index in [1.54, 1.807) is 6.07 Å². The summed E-state index contributed by atoms with van der Waals surface area (Å²) < 4.78 is 0. The molecular formula is C24H10N12. The van der Waals surface area contributed by atoms with E-state index in [2.05, 4.69) is 46.6 Å². The van der Waals surface area contributed by atoms with Crippen LogP contribution in [0.3, 0.4) is 0 Å². The molecule has 1 aliphatic heterocycles. The second-order valence-corrected chi connectivity index (χ2v) is 7.85. The van der Waals surface area contributed by atoms with Crippen molar-refractivity contribution in [1.82, 2.24) is 29.9 Å². The normalized spacial score (nSPS) is 16.1. The predicted octanol–water partition coefficient (Wildman–Crippen LogP) is 2.55. The van der Waals surface area contributed by atoms with Crippen LogP contribution in [0.1, 0.15) is 11.4 Å². The monoisotopic (exact) mass is 466 g/mol. The molecule has 0 saturated carbocycles. The Bertz CT molecular complexity index is 1920. The molecule has 3 aromatic heterocycles. The molecule has 4 heterocycles. The third-order valence-corrected chi connectivity index (χ3v) is 5.69. The molecule has 2 unspecified atom stereocenters. The smallest absolute Gasteiger partial charge is 0.199 e. The molecule has 0 spiro atoms. The summed E-state index contributed by atoms with van der Waals surface area (Å²) in [6.45, 7) is 0. The molecule has 0 radical (unpaired) electrons. The average Bonchev–Trinajstić information content (AvgIpc) is 2.92. The Hall–Kier alpha value is -5.98. The molecule has 0 bridgehead atoms. The lowest BCUT2D eigenvalue weighted by molar-refractivity contribution is 0.779. The predicted molar refractivity (Wildman–Crippen MR) is 127 cm³/mol. The van der Waals surface area contributed by atoms with Crippen molar-refractivity contribution in [3.8, 4) is 35.4 Å². The van der Waals surface area contributed by atoms with E-state index in [1.807, 2.05) is 48.5 Å². The summed E-state index contributed by atoms with van der Waals surface area (Å²) in [4.78, 5) is 26.3. The molecule has 2 aromatic carbocycles. The standard InChI is InChI=1S/C24H10N12/c25-7-17-19(9-27)35-23-21(33-17)29-13-3-1-11(5-15(13)31-23)12-2-4-14-16(6-12)32-24-22(30-14)34-18(8-26)20(10-28)36-24/h1-6,17,19H,(H,29,33)(H,31,35). The zero-order chi connectivity index (χ0) is 24.8. The Morgan fingerprint density at radius 1 is 0.556 bits per heavy atom. The molecule has 0 fully saturated rings. The quantitative estimate of drug-likeness (QED) is 0.343. The van der Waals surface area contributed by atoms with Crippen molar-refractivity contribution in [2.75, 3.05) is 10.6 Å². The molecule has 0 aliphatic carbocycles.